The maximum atomic E-state index is 11.5. The molecule has 0 aliphatic carbocycles. The van der Waals surface area contributed by atoms with Crippen LogP contribution >= 0.6 is 0 Å². The van der Waals surface area contributed by atoms with Crippen molar-refractivity contribution in [3.63, 3.8) is 0 Å². The first-order chi connectivity index (χ1) is 7.25. The second kappa shape index (κ2) is 4.69. The summed E-state index contributed by atoms with van der Waals surface area (Å²) in [5.74, 6) is -0.683. The van der Waals surface area contributed by atoms with Gasteiger partial charge in [0, 0.05) is 0 Å². The standard InChI is InChI=1S/C11H20O5/c1-6(2)10(14)16-9-8(13)7(12)5-15-11(9,3)4/h6-9,12-13H,5H2,1-4H3/t7-,8-,9+/m1/s1. The number of aliphatic hydroxyl groups excluding tert-OH is 2. The van der Waals surface area contributed by atoms with Crippen molar-refractivity contribution in [2.24, 2.45) is 5.92 Å². The highest BCUT2D eigenvalue weighted by molar-refractivity contribution is 5.71. The second-order valence-corrected chi connectivity index (χ2v) is 4.98. The molecule has 2 N–H and O–H groups in total. The Bertz CT molecular complexity index is 261. The monoisotopic (exact) mass is 232 g/mol. The molecule has 0 bridgehead atoms. The van der Waals surface area contributed by atoms with Crippen molar-refractivity contribution in [2.75, 3.05) is 6.61 Å². The van der Waals surface area contributed by atoms with Crippen LogP contribution in [0.3, 0.4) is 0 Å². The van der Waals surface area contributed by atoms with Crippen LogP contribution in [0.25, 0.3) is 0 Å². The summed E-state index contributed by atoms with van der Waals surface area (Å²) >= 11 is 0. The number of esters is 1. The number of aliphatic hydroxyl groups is 2. The van der Waals surface area contributed by atoms with Gasteiger partial charge in [0.1, 0.15) is 17.8 Å². The summed E-state index contributed by atoms with van der Waals surface area (Å²) in [7, 11) is 0. The molecular formula is C11H20O5. The zero-order valence-corrected chi connectivity index (χ0v) is 10.1. The zero-order valence-electron chi connectivity index (χ0n) is 10.1. The largest absolute Gasteiger partial charge is 0.456 e. The maximum Gasteiger partial charge on any atom is 0.308 e. The van der Waals surface area contributed by atoms with E-state index >= 15 is 0 Å². The summed E-state index contributed by atoms with van der Waals surface area (Å²) in [6, 6.07) is 0. The minimum Gasteiger partial charge on any atom is -0.456 e. The Labute approximate surface area is 95.4 Å². The number of carbonyl (C=O) groups is 1. The van der Waals surface area contributed by atoms with E-state index in [9.17, 15) is 15.0 Å². The molecule has 0 aromatic rings. The average molecular weight is 232 g/mol. The Kier molecular flexibility index (Phi) is 3.93. The highest BCUT2D eigenvalue weighted by atomic mass is 16.6. The molecule has 1 aliphatic heterocycles. The Balaban J connectivity index is 2.76. The van der Waals surface area contributed by atoms with Gasteiger partial charge in [-0.3, -0.25) is 4.79 Å². The van der Waals surface area contributed by atoms with Crippen molar-refractivity contribution in [3.05, 3.63) is 0 Å². The first kappa shape index (κ1) is 13.4. The lowest BCUT2D eigenvalue weighted by Gasteiger charge is -2.43. The molecule has 3 atom stereocenters. The van der Waals surface area contributed by atoms with Gasteiger partial charge in [-0.2, -0.15) is 0 Å². The van der Waals surface area contributed by atoms with E-state index < -0.39 is 29.9 Å². The minimum atomic E-state index is -1.11. The van der Waals surface area contributed by atoms with Gasteiger partial charge in [-0.15, -0.1) is 0 Å². The molecule has 5 nitrogen and oxygen atoms in total. The van der Waals surface area contributed by atoms with E-state index in [0.29, 0.717) is 0 Å². The molecular weight excluding hydrogens is 212 g/mol. The van der Waals surface area contributed by atoms with Crippen LogP contribution < -0.4 is 0 Å². The van der Waals surface area contributed by atoms with E-state index in [-0.39, 0.29) is 12.5 Å². The third-order valence-electron chi connectivity index (χ3n) is 2.73. The van der Waals surface area contributed by atoms with E-state index in [1.807, 2.05) is 0 Å². The molecule has 0 aromatic carbocycles. The van der Waals surface area contributed by atoms with Gasteiger partial charge < -0.3 is 19.7 Å². The topological polar surface area (TPSA) is 76.0 Å². The lowest BCUT2D eigenvalue weighted by atomic mass is 9.90. The van der Waals surface area contributed by atoms with Crippen LogP contribution in [0.4, 0.5) is 0 Å². The molecule has 1 saturated heterocycles. The van der Waals surface area contributed by atoms with E-state index in [2.05, 4.69) is 0 Å². The van der Waals surface area contributed by atoms with Gasteiger partial charge in [0.2, 0.25) is 0 Å². The molecule has 94 valence electrons. The first-order valence-corrected chi connectivity index (χ1v) is 5.46. The van der Waals surface area contributed by atoms with Crippen molar-refractivity contribution in [1.29, 1.82) is 0 Å². The Morgan fingerprint density at radius 1 is 1.44 bits per heavy atom. The van der Waals surface area contributed by atoms with Crippen LogP contribution in [0.5, 0.6) is 0 Å². The van der Waals surface area contributed by atoms with Crippen molar-refractivity contribution < 1.29 is 24.5 Å². The van der Waals surface area contributed by atoms with Gasteiger partial charge in [0.25, 0.3) is 0 Å². The fraction of sp³-hybridized carbons (Fsp3) is 0.909. The first-order valence-electron chi connectivity index (χ1n) is 5.46. The Morgan fingerprint density at radius 3 is 2.50 bits per heavy atom. The average Bonchev–Trinajstić information content (AvgIpc) is 2.18. The molecule has 1 rings (SSSR count). The summed E-state index contributed by atoms with van der Waals surface area (Å²) in [6.45, 7) is 6.91. The molecule has 1 fully saturated rings. The summed E-state index contributed by atoms with van der Waals surface area (Å²) in [4.78, 5) is 11.5. The molecule has 0 amide bonds. The van der Waals surface area contributed by atoms with Gasteiger partial charge in [-0.05, 0) is 13.8 Å². The predicted octanol–water partition coefficient (Wildman–Crippen LogP) is 0.0848. The maximum absolute atomic E-state index is 11.5. The quantitative estimate of drug-likeness (QED) is 0.660. The molecule has 16 heavy (non-hydrogen) atoms. The molecule has 1 heterocycles. The zero-order chi connectivity index (χ0) is 12.5. The van der Waals surface area contributed by atoms with Gasteiger partial charge in [-0.25, -0.2) is 0 Å². The van der Waals surface area contributed by atoms with Crippen molar-refractivity contribution in [1.82, 2.24) is 0 Å². The fourth-order valence-electron chi connectivity index (χ4n) is 1.57. The molecule has 0 spiro atoms. The summed E-state index contributed by atoms with van der Waals surface area (Å²) in [5, 5.41) is 19.3. The van der Waals surface area contributed by atoms with Crippen molar-refractivity contribution in [3.8, 4) is 0 Å². The van der Waals surface area contributed by atoms with E-state index in [0.717, 1.165) is 0 Å². The van der Waals surface area contributed by atoms with E-state index in [1.165, 1.54) is 0 Å². The van der Waals surface area contributed by atoms with Crippen molar-refractivity contribution in [2.45, 2.75) is 51.6 Å². The number of rotatable bonds is 2. The summed E-state index contributed by atoms with van der Waals surface area (Å²) in [5.41, 5.74) is -0.788. The van der Waals surface area contributed by atoms with Crippen LogP contribution in [-0.2, 0) is 14.3 Å². The van der Waals surface area contributed by atoms with Crippen molar-refractivity contribution >= 4 is 5.97 Å². The SMILES string of the molecule is CC(C)C(=O)O[C@H]1[C@H](O)[C@H](O)COC1(C)C. The molecule has 0 radical (unpaired) electrons. The minimum absolute atomic E-state index is 0.0455. The predicted molar refractivity (Wildman–Crippen MR) is 56.8 cm³/mol. The summed E-state index contributed by atoms with van der Waals surface area (Å²) in [6.07, 6.45) is -2.96. The third-order valence-corrected chi connectivity index (χ3v) is 2.73. The van der Waals surface area contributed by atoms with Gasteiger partial charge in [-0.1, -0.05) is 13.8 Å². The molecule has 0 unspecified atom stereocenters. The molecule has 1 aliphatic rings. The third kappa shape index (κ3) is 2.72. The Hall–Kier alpha value is -0.650. The highest BCUT2D eigenvalue weighted by Crippen LogP contribution is 2.28. The molecule has 5 heteroatoms. The van der Waals surface area contributed by atoms with Gasteiger partial charge >= 0.3 is 5.97 Å². The van der Waals surface area contributed by atoms with Crippen LogP contribution in [0, 0.1) is 5.92 Å². The van der Waals surface area contributed by atoms with E-state index in [4.69, 9.17) is 9.47 Å². The van der Waals surface area contributed by atoms with Gasteiger partial charge in [0.05, 0.1) is 12.5 Å². The summed E-state index contributed by atoms with van der Waals surface area (Å²) < 4.78 is 10.5. The smallest absolute Gasteiger partial charge is 0.308 e. The molecule has 0 aromatic heterocycles. The number of carbonyl (C=O) groups excluding carboxylic acids is 1. The fourth-order valence-corrected chi connectivity index (χ4v) is 1.57. The lowest BCUT2D eigenvalue weighted by molar-refractivity contribution is -0.236. The van der Waals surface area contributed by atoms with E-state index in [1.54, 1.807) is 27.7 Å². The Morgan fingerprint density at radius 2 is 2.00 bits per heavy atom. The number of hydrogen-bond acceptors (Lipinski definition) is 5. The van der Waals surface area contributed by atoms with Gasteiger partial charge in [0.15, 0.2) is 6.10 Å². The number of hydrogen-bond donors (Lipinski definition) is 2. The van der Waals surface area contributed by atoms with Crippen LogP contribution in [0.1, 0.15) is 27.7 Å². The normalized spacial score (nSPS) is 33.8. The second-order valence-electron chi connectivity index (χ2n) is 4.98. The molecule has 0 saturated carbocycles. The lowest BCUT2D eigenvalue weighted by Crippen LogP contribution is -2.59. The van der Waals surface area contributed by atoms with Crippen LogP contribution in [-0.4, -0.2) is 46.7 Å². The number of ether oxygens (including phenoxy) is 2. The van der Waals surface area contributed by atoms with Crippen LogP contribution in [0.2, 0.25) is 0 Å². The highest BCUT2D eigenvalue weighted by Gasteiger charge is 2.46. The van der Waals surface area contributed by atoms with Crippen LogP contribution in [0.15, 0.2) is 0 Å².